The average Bonchev–Trinajstić information content (AvgIpc) is 3.22. The summed E-state index contributed by atoms with van der Waals surface area (Å²) in [7, 11) is -3.45. The number of amides is 1. The standard InChI is InChI=1S/C15H17N3O3S2/c1-10-2-9-14(22-10)15(19)17-16-11-5-7-13(8-6-11)23(20,21)18-12-3-4-12/h2,5-9,12,16,18H,3-4H2,1H3,(H,17,19). The maximum absolute atomic E-state index is 12.0. The first kappa shape index (κ1) is 16.0. The van der Waals surface area contributed by atoms with E-state index in [0.717, 1.165) is 17.7 Å². The minimum atomic E-state index is -3.45. The Morgan fingerprint density at radius 1 is 1.13 bits per heavy atom. The van der Waals surface area contributed by atoms with Crippen LogP contribution in [0.5, 0.6) is 0 Å². The Morgan fingerprint density at radius 2 is 1.83 bits per heavy atom. The molecule has 1 fully saturated rings. The molecule has 0 spiro atoms. The Morgan fingerprint density at radius 3 is 2.39 bits per heavy atom. The molecule has 0 radical (unpaired) electrons. The molecule has 1 aromatic heterocycles. The maximum atomic E-state index is 12.0. The summed E-state index contributed by atoms with van der Waals surface area (Å²) >= 11 is 1.41. The number of aryl methyl sites for hydroxylation is 1. The summed E-state index contributed by atoms with van der Waals surface area (Å²) in [4.78, 5) is 13.8. The summed E-state index contributed by atoms with van der Waals surface area (Å²) in [6, 6.07) is 9.96. The van der Waals surface area contributed by atoms with Crippen LogP contribution in [0.15, 0.2) is 41.3 Å². The van der Waals surface area contributed by atoms with Crippen molar-refractivity contribution >= 4 is 33.0 Å². The molecule has 1 heterocycles. The molecule has 122 valence electrons. The quantitative estimate of drug-likeness (QED) is 0.697. The summed E-state index contributed by atoms with van der Waals surface area (Å²) < 4.78 is 26.7. The van der Waals surface area contributed by atoms with E-state index in [4.69, 9.17) is 0 Å². The monoisotopic (exact) mass is 351 g/mol. The van der Waals surface area contributed by atoms with Crippen LogP contribution in [0.3, 0.4) is 0 Å². The molecule has 0 atom stereocenters. The number of benzene rings is 1. The molecule has 0 unspecified atom stereocenters. The van der Waals surface area contributed by atoms with Gasteiger partial charge in [0.1, 0.15) is 0 Å². The van der Waals surface area contributed by atoms with Crippen molar-refractivity contribution in [2.24, 2.45) is 0 Å². The molecule has 3 N–H and O–H groups in total. The van der Waals surface area contributed by atoms with E-state index in [1.165, 1.54) is 23.5 Å². The van der Waals surface area contributed by atoms with Gasteiger partial charge in [-0.3, -0.25) is 15.6 Å². The van der Waals surface area contributed by atoms with Crippen molar-refractivity contribution < 1.29 is 13.2 Å². The second kappa shape index (κ2) is 6.31. The lowest BCUT2D eigenvalue weighted by Gasteiger charge is -2.09. The Balaban J connectivity index is 1.60. The number of sulfonamides is 1. The highest BCUT2D eigenvalue weighted by Crippen LogP contribution is 2.22. The maximum Gasteiger partial charge on any atom is 0.279 e. The number of hydrogen-bond donors (Lipinski definition) is 3. The van der Waals surface area contributed by atoms with E-state index in [1.54, 1.807) is 18.2 Å². The van der Waals surface area contributed by atoms with Crippen LogP contribution in [0.4, 0.5) is 5.69 Å². The average molecular weight is 351 g/mol. The number of nitrogens with one attached hydrogen (secondary N) is 3. The van der Waals surface area contributed by atoms with E-state index < -0.39 is 10.0 Å². The SMILES string of the molecule is Cc1ccc(C(=O)NNc2ccc(S(=O)(=O)NC3CC3)cc2)s1. The highest BCUT2D eigenvalue weighted by Gasteiger charge is 2.27. The van der Waals surface area contributed by atoms with Crippen LogP contribution in [0.2, 0.25) is 0 Å². The third-order valence-electron chi connectivity index (χ3n) is 3.35. The topological polar surface area (TPSA) is 87.3 Å². The minimum Gasteiger partial charge on any atom is -0.298 e. The molecule has 1 aliphatic rings. The molecule has 0 saturated heterocycles. The first-order valence-corrected chi connectivity index (χ1v) is 9.49. The van der Waals surface area contributed by atoms with Gasteiger partial charge in [0.25, 0.3) is 5.91 Å². The number of thiophene rings is 1. The number of rotatable bonds is 6. The second-order valence-corrected chi connectivity index (χ2v) is 8.41. The lowest BCUT2D eigenvalue weighted by molar-refractivity contribution is 0.0966. The molecule has 6 nitrogen and oxygen atoms in total. The van der Waals surface area contributed by atoms with E-state index in [9.17, 15) is 13.2 Å². The van der Waals surface area contributed by atoms with Crippen LogP contribution in [-0.2, 0) is 10.0 Å². The fourth-order valence-electron chi connectivity index (χ4n) is 1.95. The predicted molar refractivity (Wildman–Crippen MR) is 89.9 cm³/mol. The van der Waals surface area contributed by atoms with E-state index in [1.807, 2.05) is 13.0 Å². The first-order chi connectivity index (χ1) is 10.9. The van der Waals surface area contributed by atoms with E-state index in [2.05, 4.69) is 15.6 Å². The Hall–Kier alpha value is -1.90. The lowest BCUT2D eigenvalue weighted by atomic mass is 10.3. The number of carbonyl (C=O) groups is 1. The van der Waals surface area contributed by atoms with Gasteiger partial charge in [0.2, 0.25) is 10.0 Å². The second-order valence-electron chi connectivity index (χ2n) is 5.41. The van der Waals surface area contributed by atoms with Gasteiger partial charge >= 0.3 is 0 Å². The Labute approximate surface area is 138 Å². The number of carbonyl (C=O) groups excluding carboxylic acids is 1. The highest BCUT2D eigenvalue weighted by atomic mass is 32.2. The summed E-state index contributed by atoms with van der Waals surface area (Å²) in [5, 5.41) is 0. The van der Waals surface area contributed by atoms with Crippen molar-refractivity contribution in [2.45, 2.75) is 30.7 Å². The zero-order valence-corrected chi connectivity index (χ0v) is 14.1. The van der Waals surface area contributed by atoms with Crippen molar-refractivity contribution in [3.05, 3.63) is 46.2 Å². The minimum absolute atomic E-state index is 0.0753. The van der Waals surface area contributed by atoms with Gasteiger partial charge in [-0.05, 0) is 56.2 Å². The molecule has 2 aromatic rings. The summed E-state index contributed by atoms with van der Waals surface area (Å²) in [5.74, 6) is -0.227. The normalized spacial score (nSPS) is 14.5. The van der Waals surface area contributed by atoms with Crippen molar-refractivity contribution in [1.29, 1.82) is 0 Å². The summed E-state index contributed by atoms with van der Waals surface area (Å²) in [5.41, 5.74) is 5.97. The summed E-state index contributed by atoms with van der Waals surface area (Å²) in [6.45, 7) is 1.93. The molecule has 1 aliphatic carbocycles. The molecule has 8 heteroatoms. The van der Waals surface area contributed by atoms with E-state index in [-0.39, 0.29) is 16.8 Å². The summed E-state index contributed by atoms with van der Waals surface area (Å²) in [6.07, 6.45) is 1.79. The van der Waals surface area contributed by atoms with Crippen LogP contribution in [-0.4, -0.2) is 20.4 Å². The van der Waals surface area contributed by atoms with Crippen molar-refractivity contribution in [3.8, 4) is 0 Å². The van der Waals surface area contributed by atoms with Crippen LogP contribution >= 0.6 is 11.3 Å². The van der Waals surface area contributed by atoms with E-state index in [0.29, 0.717) is 10.6 Å². The lowest BCUT2D eigenvalue weighted by Crippen LogP contribution is -2.28. The predicted octanol–water partition coefficient (Wildman–Crippen LogP) is 2.25. The number of hydrogen-bond acceptors (Lipinski definition) is 5. The molecule has 0 bridgehead atoms. The molecular weight excluding hydrogens is 334 g/mol. The van der Waals surface area contributed by atoms with Crippen LogP contribution in [0, 0.1) is 6.92 Å². The molecule has 23 heavy (non-hydrogen) atoms. The molecule has 1 amide bonds. The zero-order chi connectivity index (χ0) is 16.4. The zero-order valence-electron chi connectivity index (χ0n) is 12.5. The van der Waals surface area contributed by atoms with Gasteiger partial charge < -0.3 is 0 Å². The fraction of sp³-hybridized carbons (Fsp3) is 0.267. The fourth-order valence-corrected chi connectivity index (χ4v) is 4.02. The van der Waals surface area contributed by atoms with Gasteiger partial charge in [-0.15, -0.1) is 11.3 Å². The van der Waals surface area contributed by atoms with Crippen molar-refractivity contribution in [3.63, 3.8) is 0 Å². The molecule has 1 saturated carbocycles. The van der Waals surface area contributed by atoms with Gasteiger partial charge in [-0.2, -0.15) is 0 Å². The first-order valence-electron chi connectivity index (χ1n) is 7.19. The Bertz CT molecular complexity index is 809. The van der Waals surface area contributed by atoms with Gasteiger partial charge in [0.15, 0.2) is 0 Å². The van der Waals surface area contributed by atoms with Gasteiger partial charge in [-0.25, -0.2) is 13.1 Å². The van der Waals surface area contributed by atoms with Crippen LogP contribution < -0.4 is 15.6 Å². The smallest absolute Gasteiger partial charge is 0.279 e. The van der Waals surface area contributed by atoms with Crippen LogP contribution in [0.1, 0.15) is 27.4 Å². The Kier molecular flexibility index (Phi) is 4.38. The third kappa shape index (κ3) is 4.10. The van der Waals surface area contributed by atoms with E-state index >= 15 is 0 Å². The largest absolute Gasteiger partial charge is 0.298 e. The molecule has 0 aliphatic heterocycles. The van der Waals surface area contributed by atoms with Crippen molar-refractivity contribution in [1.82, 2.24) is 10.1 Å². The molecular formula is C15H17N3O3S2. The number of anilines is 1. The van der Waals surface area contributed by atoms with Gasteiger partial charge in [0, 0.05) is 10.9 Å². The van der Waals surface area contributed by atoms with Crippen molar-refractivity contribution in [2.75, 3.05) is 5.43 Å². The molecule has 3 rings (SSSR count). The van der Waals surface area contributed by atoms with Gasteiger partial charge in [-0.1, -0.05) is 0 Å². The number of hydrazine groups is 1. The molecule has 1 aromatic carbocycles. The van der Waals surface area contributed by atoms with Crippen LogP contribution in [0.25, 0.3) is 0 Å². The van der Waals surface area contributed by atoms with Gasteiger partial charge in [0.05, 0.1) is 15.5 Å². The highest BCUT2D eigenvalue weighted by molar-refractivity contribution is 7.89. The third-order valence-corrected chi connectivity index (χ3v) is 5.88.